The number of benzene rings is 1. The summed E-state index contributed by atoms with van der Waals surface area (Å²) in [5.74, 6) is -1.22. The molecule has 0 aliphatic carbocycles. The highest BCUT2D eigenvalue weighted by atomic mass is 16.6. The number of rotatable bonds is 2. The SMILES string of the molecule is CC1c2cc([N+](=O)[O-])ccc2NC1C(=O)O. The third-order valence-electron chi connectivity index (χ3n) is 2.81. The van der Waals surface area contributed by atoms with Crippen LogP contribution in [-0.2, 0) is 4.79 Å². The summed E-state index contributed by atoms with van der Waals surface area (Å²) in [6.45, 7) is 1.74. The average Bonchev–Trinajstić information content (AvgIpc) is 2.56. The van der Waals surface area contributed by atoms with E-state index >= 15 is 0 Å². The van der Waals surface area contributed by atoms with Crippen LogP contribution in [0.2, 0.25) is 0 Å². The molecule has 2 rings (SSSR count). The van der Waals surface area contributed by atoms with Crippen LogP contribution in [-0.4, -0.2) is 22.0 Å². The van der Waals surface area contributed by atoms with E-state index in [1.807, 2.05) is 0 Å². The van der Waals surface area contributed by atoms with E-state index in [1.165, 1.54) is 12.1 Å². The first-order chi connectivity index (χ1) is 7.50. The third kappa shape index (κ3) is 1.48. The van der Waals surface area contributed by atoms with Crippen molar-refractivity contribution >= 4 is 17.3 Å². The molecule has 16 heavy (non-hydrogen) atoms. The largest absolute Gasteiger partial charge is 0.480 e. The summed E-state index contributed by atoms with van der Waals surface area (Å²) in [4.78, 5) is 21.0. The van der Waals surface area contributed by atoms with Crippen molar-refractivity contribution < 1.29 is 14.8 Å². The van der Waals surface area contributed by atoms with Crippen LogP contribution in [0.1, 0.15) is 18.4 Å². The fraction of sp³-hybridized carbons (Fsp3) is 0.300. The van der Waals surface area contributed by atoms with Gasteiger partial charge in [0.05, 0.1) is 4.92 Å². The second-order valence-electron chi connectivity index (χ2n) is 3.78. The van der Waals surface area contributed by atoms with Gasteiger partial charge in [-0.25, -0.2) is 4.79 Å². The standard InChI is InChI=1S/C10H10N2O4/c1-5-7-4-6(12(15)16)2-3-8(7)11-9(5)10(13)14/h2-5,9,11H,1H3,(H,13,14). The first-order valence-electron chi connectivity index (χ1n) is 4.78. The van der Waals surface area contributed by atoms with Crippen LogP contribution < -0.4 is 5.32 Å². The molecule has 0 saturated carbocycles. The van der Waals surface area contributed by atoms with Crippen molar-refractivity contribution in [1.82, 2.24) is 0 Å². The lowest BCUT2D eigenvalue weighted by atomic mass is 9.97. The Morgan fingerprint density at radius 3 is 2.81 bits per heavy atom. The van der Waals surface area contributed by atoms with E-state index in [-0.39, 0.29) is 11.6 Å². The average molecular weight is 222 g/mol. The molecule has 1 aliphatic rings. The zero-order chi connectivity index (χ0) is 11.9. The second kappa shape index (κ2) is 3.48. The molecule has 0 saturated heterocycles. The number of anilines is 1. The molecule has 6 nitrogen and oxygen atoms in total. The highest BCUT2D eigenvalue weighted by molar-refractivity contribution is 5.83. The molecule has 6 heteroatoms. The maximum atomic E-state index is 10.9. The highest BCUT2D eigenvalue weighted by Gasteiger charge is 2.34. The lowest BCUT2D eigenvalue weighted by molar-refractivity contribution is -0.384. The minimum atomic E-state index is -0.952. The van der Waals surface area contributed by atoms with Gasteiger partial charge in [0.2, 0.25) is 0 Å². The van der Waals surface area contributed by atoms with Crippen LogP contribution in [0.3, 0.4) is 0 Å². The summed E-state index contributed by atoms with van der Waals surface area (Å²) in [5, 5.41) is 22.4. The predicted octanol–water partition coefficient (Wildman–Crippen LogP) is 1.58. The zero-order valence-electron chi connectivity index (χ0n) is 8.51. The first kappa shape index (κ1) is 10.4. The van der Waals surface area contributed by atoms with Crippen LogP contribution in [0.5, 0.6) is 0 Å². The summed E-state index contributed by atoms with van der Waals surface area (Å²) < 4.78 is 0. The number of nitro groups is 1. The predicted molar refractivity (Wildman–Crippen MR) is 56.6 cm³/mol. The number of nitrogens with one attached hydrogen (secondary N) is 1. The number of aliphatic carboxylic acids is 1. The van der Waals surface area contributed by atoms with Crippen molar-refractivity contribution in [1.29, 1.82) is 0 Å². The molecule has 2 N–H and O–H groups in total. The van der Waals surface area contributed by atoms with Gasteiger partial charge in [-0.3, -0.25) is 10.1 Å². The molecular formula is C10H10N2O4. The Balaban J connectivity index is 2.41. The van der Waals surface area contributed by atoms with Crippen LogP contribution >= 0.6 is 0 Å². The Bertz CT molecular complexity index is 472. The fourth-order valence-corrected chi connectivity index (χ4v) is 1.92. The number of carboxylic acid groups (broad SMARTS) is 1. The summed E-state index contributed by atoms with van der Waals surface area (Å²) in [5.41, 5.74) is 1.32. The Morgan fingerprint density at radius 1 is 1.56 bits per heavy atom. The number of fused-ring (bicyclic) bond motifs is 1. The normalized spacial score (nSPS) is 22.3. The first-order valence-corrected chi connectivity index (χ1v) is 4.78. The van der Waals surface area contributed by atoms with E-state index in [0.29, 0.717) is 11.3 Å². The van der Waals surface area contributed by atoms with E-state index < -0.39 is 16.9 Å². The molecule has 1 aliphatic heterocycles. The van der Waals surface area contributed by atoms with Crippen LogP contribution in [0.4, 0.5) is 11.4 Å². The Kier molecular flexibility index (Phi) is 2.26. The van der Waals surface area contributed by atoms with Gasteiger partial charge in [0.15, 0.2) is 0 Å². The zero-order valence-corrected chi connectivity index (χ0v) is 8.51. The summed E-state index contributed by atoms with van der Waals surface area (Å²) in [7, 11) is 0. The number of non-ortho nitro benzene ring substituents is 1. The number of carbonyl (C=O) groups is 1. The van der Waals surface area contributed by atoms with Gasteiger partial charge < -0.3 is 10.4 Å². The van der Waals surface area contributed by atoms with Crippen molar-refractivity contribution in [3.63, 3.8) is 0 Å². The Labute approximate surface area is 91.0 Å². The number of hydrogen-bond acceptors (Lipinski definition) is 4. The summed E-state index contributed by atoms with van der Waals surface area (Å²) in [6.07, 6.45) is 0. The molecule has 0 spiro atoms. The molecule has 84 valence electrons. The van der Waals surface area contributed by atoms with E-state index in [1.54, 1.807) is 13.0 Å². The minimum Gasteiger partial charge on any atom is -0.480 e. The topological polar surface area (TPSA) is 92.5 Å². The molecule has 1 aromatic carbocycles. The highest BCUT2D eigenvalue weighted by Crippen LogP contribution is 2.37. The maximum absolute atomic E-state index is 10.9. The Morgan fingerprint density at radius 2 is 2.25 bits per heavy atom. The number of carboxylic acids is 1. The van der Waals surface area contributed by atoms with Crippen molar-refractivity contribution in [2.75, 3.05) is 5.32 Å². The van der Waals surface area contributed by atoms with Gasteiger partial charge >= 0.3 is 5.97 Å². The summed E-state index contributed by atoms with van der Waals surface area (Å²) in [6, 6.07) is 3.63. The maximum Gasteiger partial charge on any atom is 0.326 e. The molecule has 0 radical (unpaired) electrons. The van der Waals surface area contributed by atoms with Crippen molar-refractivity contribution in [2.24, 2.45) is 0 Å². The van der Waals surface area contributed by atoms with Crippen LogP contribution in [0, 0.1) is 10.1 Å². The van der Waals surface area contributed by atoms with E-state index in [0.717, 1.165) is 0 Å². The molecule has 2 atom stereocenters. The quantitative estimate of drug-likeness (QED) is 0.585. The van der Waals surface area contributed by atoms with Gasteiger partial charge in [-0.1, -0.05) is 6.92 Å². The summed E-state index contributed by atoms with van der Waals surface area (Å²) >= 11 is 0. The molecule has 2 unspecified atom stereocenters. The van der Waals surface area contributed by atoms with E-state index in [4.69, 9.17) is 5.11 Å². The van der Waals surface area contributed by atoms with E-state index in [2.05, 4.69) is 5.32 Å². The molecule has 0 bridgehead atoms. The van der Waals surface area contributed by atoms with Crippen molar-refractivity contribution in [3.05, 3.63) is 33.9 Å². The van der Waals surface area contributed by atoms with Gasteiger partial charge in [-0.15, -0.1) is 0 Å². The fourth-order valence-electron chi connectivity index (χ4n) is 1.92. The lowest BCUT2D eigenvalue weighted by Gasteiger charge is -2.09. The molecule has 1 aromatic rings. The number of nitrogens with zero attached hydrogens (tertiary/aromatic N) is 1. The van der Waals surface area contributed by atoms with Crippen LogP contribution in [0.25, 0.3) is 0 Å². The Hall–Kier alpha value is -2.11. The molecule has 1 heterocycles. The smallest absolute Gasteiger partial charge is 0.326 e. The molecule has 0 aromatic heterocycles. The molecule has 0 amide bonds. The third-order valence-corrected chi connectivity index (χ3v) is 2.81. The van der Waals surface area contributed by atoms with Gasteiger partial charge in [0.1, 0.15) is 6.04 Å². The van der Waals surface area contributed by atoms with Gasteiger partial charge in [0, 0.05) is 23.7 Å². The number of nitro benzene ring substituents is 1. The molecular weight excluding hydrogens is 212 g/mol. The van der Waals surface area contributed by atoms with Crippen molar-refractivity contribution in [3.8, 4) is 0 Å². The molecule has 0 fully saturated rings. The minimum absolute atomic E-state index is 0.0153. The lowest BCUT2D eigenvalue weighted by Crippen LogP contribution is -2.28. The number of hydrogen-bond donors (Lipinski definition) is 2. The van der Waals surface area contributed by atoms with E-state index in [9.17, 15) is 14.9 Å². The van der Waals surface area contributed by atoms with Crippen molar-refractivity contribution in [2.45, 2.75) is 18.9 Å². The van der Waals surface area contributed by atoms with Gasteiger partial charge in [0.25, 0.3) is 5.69 Å². The van der Waals surface area contributed by atoms with Crippen LogP contribution in [0.15, 0.2) is 18.2 Å². The monoisotopic (exact) mass is 222 g/mol. The van der Waals surface area contributed by atoms with Gasteiger partial charge in [-0.2, -0.15) is 0 Å². The second-order valence-corrected chi connectivity index (χ2v) is 3.78. The van der Waals surface area contributed by atoms with Gasteiger partial charge in [-0.05, 0) is 11.6 Å².